The van der Waals surface area contributed by atoms with Gasteiger partial charge in [-0.15, -0.1) is 5.01 Å². The first kappa shape index (κ1) is 15.0. The standard InChI is InChI=1S/C9H18N2O5/c1-8(14)11(2,7-9(15)16)10(3-5-12)4-6-13/h12-13H,3-7H2,1-2H3. The van der Waals surface area contributed by atoms with Crippen LogP contribution in [0.2, 0.25) is 0 Å². The molecular formula is C9H18N2O5. The predicted molar refractivity (Wildman–Crippen MR) is 52.5 cm³/mol. The van der Waals surface area contributed by atoms with E-state index in [0.29, 0.717) is 0 Å². The number of hydrogen-bond acceptors (Lipinski definition) is 6. The summed E-state index contributed by atoms with van der Waals surface area (Å²) >= 11 is 0. The number of quaternary nitrogens is 1. The molecule has 0 aliphatic carbocycles. The van der Waals surface area contributed by atoms with Gasteiger partial charge in [0.05, 0.1) is 46.2 Å². The van der Waals surface area contributed by atoms with E-state index < -0.39 is 23.0 Å². The smallest absolute Gasteiger partial charge is 0.329 e. The molecule has 0 spiro atoms. The normalized spacial score (nSPS) is 14.8. The van der Waals surface area contributed by atoms with Gasteiger partial charge >= 0.3 is 5.91 Å². The van der Waals surface area contributed by atoms with Gasteiger partial charge in [-0.3, -0.25) is 0 Å². The Bertz CT molecular complexity index is 252. The van der Waals surface area contributed by atoms with Gasteiger partial charge in [0, 0.05) is 0 Å². The third-order valence-electron chi connectivity index (χ3n) is 2.46. The molecule has 0 rings (SSSR count). The number of amides is 1. The van der Waals surface area contributed by atoms with Crippen molar-refractivity contribution in [3.05, 3.63) is 0 Å². The number of rotatable bonds is 7. The Kier molecular flexibility index (Phi) is 6.12. The molecule has 94 valence electrons. The highest BCUT2D eigenvalue weighted by Crippen LogP contribution is 2.09. The van der Waals surface area contributed by atoms with Crippen LogP contribution in [0.15, 0.2) is 0 Å². The highest BCUT2D eigenvalue weighted by Gasteiger charge is 2.35. The topological polar surface area (TPSA) is 101 Å². The predicted octanol–water partition coefficient (Wildman–Crippen LogP) is -3.07. The van der Waals surface area contributed by atoms with Gasteiger partial charge in [0.15, 0.2) is 0 Å². The number of carboxylic acid groups (broad SMARTS) is 1. The molecular weight excluding hydrogens is 216 g/mol. The van der Waals surface area contributed by atoms with Crippen LogP contribution < -0.4 is 5.11 Å². The number of likely N-dealkylation sites (N-methyl/N-ethyl adjacent to an activating group) is 1. The van der Waals surface area contributed by atoms with Crippen molar-refractivity contribution in [3.8, 4) is 0 Å². The van der Waals surface area contributed by atoms with Crippen molar-refractivity contribution in [2.75, 3.05) is 39.9 Å². The molecule has 0 saturated carbocycles. The highest BCUT2D eigenvalue weighted by atomic mass is 16.4. The molecule has 0 aliphatic heterocycles. The Morgan fingerprint density at radius 3 is 1.94 bits per heavy atom. The van der Waals surface area contributed by atoms with Gasteiger partial charge in [-0.25, -0.2) is 4.79 Å². The van der Waals surface area contributed by atoms with Gasteiger partial charge in [-0.05, 0) is 0 Å². The second kappa shape index (κ2) is 6.54. The zero-order chi connectivity index (χ0) is 12.8. The van der Waals surface area contributed by atoms with E-state index in [2.05, 4.69) is 0 Å². The number of aliphatic hydroxyl groups is 2. The lowest BCUT2D eigenvalue weighted by atomic mass is 10.4. The maximum absolute atomic E-state index is 11.5. The third-order valence-corrected chi connectivity index (χ3v) is 2.46. The van der Waals surface area contributed by atoms with E-state index in [4.69, 9.17) is 10.2 Å². The molecule has 0 radical (unpaired) electrons. The number of carbonyl (C=O) groups excluding carboxylic acids is 2. The average molecular weight is 234 g/mol. The van der Waals surface area contributed by atoms with Crippen molar-refractivity contribution in [1.29, 1.82) is 0 Å². The fraction of sp³-hybridized carbons (Fsp3) is 0.778. The van der Waals surface area contributed by atoms with E-state index >= 15 is 0 Å². The van der Waals surface area contributed by atoms with E-state index in [1.54, 1.807) is 0 Å². The molecule has 1 atom stereocenters. The molecule has 0 saturated heterocycles. The number of nitrogens with zero attached hydrogens (tertiary/aromatic N) is 2. The Morgan fingerprint density at radius 2 is 1.69 bits per heavy atom. The summed E-state index contributed by atoms with van der Waals surface area (Å²) in [6.07, 6.45) is 0. The fourth-order valence-corrected chi connectivity index (χ4v) is 1.45. The van der Waals surface area contributed by atoms with E-state index in [1.165, 1.54) is 19.0 Å². The second-order valence-electron chi connectivity index (χ2n) is 3.59. The lowest BCUT2D eigenvalue weighted by molar-refractivity contribution is -0.947. The quantitative estimate of drug-likeness (QED) is 0.358. The first-order valence-corrected chi connectivity index (χ1v) is 4.92. The number of carbonyl (C=O) groups is 2. The zero-order valence-corrected chi connectivity index (χ0v) is 9.55. The van der Waals surface area contributed by atoms with Crippen LogP contribution in [-0.2, 0) is 9.59 Å². The maximum Gasteiger partial charge on any atom is 0.329 e. The first-order chi connectivity index (χ1) is 7.38. The molecule has 1 amide bonds. The van der Waals surface area contributed by atoms with Gasteiger partial charge < -0.3 is 20.1 Å². The van der Waals surface area contributed by atoms with Crippen LogP contribution in [0, 0.1) is 0 Å². The van der Waals surface area contributed by atoms with Crippen molar-refractivity contribution in [1.82, 2.24) is 5.01 Å². The molecule has 0 aromatic heterocycles. The number of hydrogen-bond donors (Lipinski definition) is 2. The van der Waals surface area contributed by atoms with Crippen LogP contribution in [0.5, 0.6) is 0 Å². The molecule has 0 heterocycles. The average Bonchev–Trinajstić information content (AvgIpc) is 2.16. The van der Waals surface area contributed by atoms with Crippen molar-refractivity contribution >= 4 is 11.9 Å². The summed E-state index contributed by atoms with van der Waals surface area (Å²) in [5.74, 6) is -1.76. The van der Waals surface area contributed by atoms with Gasteiger partial charge in [0.1, 0.15) is 6.54 Å². The summed E-state index contributed by atoms with van der Waals surface area (Å²) in [5.41, 5.74) is 0. The summed E-state index contributed by atoms with van der Waals surface area (Å²) < 4.78 is -0.524. The number of aliphatic hydroxyl groups excluding tert-OH is 2. The molecule has 1 unspecified atom stereocenters. The first-order valence-electron chi connectivity index (χ1n) is 4.92. The molecule has 16 heavy (non-hydrogen) atoms. The molecule has 0 bridgehead atoms. The Hall–Kier alpha value is -1.02. The molecule has 0 aliphatic rings. The summed E-state index contributed by atoms with van der Waals surface area (Å²) in [6, 6.07) is 0. The Labute approximate surface area is 94.1 Å². The Morgan fingerprint density at radius 1 is 1.25 bits per heavy atom. The molecule has 7 nitrogen and oxygen atoms in total. The zero-order valence-electron chi connectivity index (χ0n) is 9.55. The van der Waals surface area contributed by atoms with Gasteiger partial charge in [-0.1, -0.05) is 0 Å². The van der Waals surface area contributed by atoms with E-state index in [-0.39, 0.29) is 26.3 Å². The molecule has 0 fully saturated rings. The Balaban J connectivity index is 4.94. The monoisotopic (exact) mass is 234 g/mol. The minimum absolute atomic E-state index is 0.101. The molecule has 0 aromatic carbocycles. The summed E-state index contributed by atoms with van der Waals surface area (Å²) in [7, 11) is 1.41. The van der Waals surface area contributed by atoms with Gasteiger partial charge in [0.2, 0.25) is 0 Å². The van der Waals surface area contributed by atoms with Crippen molar-refractivity contribution in [2.45, 2.75) is 6.92 Å². The van der Waals surface area contributed by atoms with Crippen LogP contribution in [0.3, 0.4) is 0 Å². The van der Waals surface area contributed by atoms with Crippen LogP contribution in [0.25, 0.3) is 0 Å². The minimum Gasteiger partial charge on any atom is -0.544 e. The molecule has 0 aromatic rings. The van der Waals surface area contributed by atoms with Crippen molar-refractivity contribution in [2.24, 2.45) is 0 Å². The van der Waals surface area contributed by atoms with E-state index in [1.807, 2.05) is 0 Å². The number of carboxylic acids is 1. The van der Waals surface area contributed by atoms with Crippen LogP contribution in [-0.4, -0.2) is 71.6 Å². The molecule has 7 heteroatoms. The summed E-state index contributed by atoms with van der Waals surface area (Å²) in [5, 5.41) is 29.7. The van der Waals surface area contributed by atoms with Gasteiger partial charge in [0.25, 0.3) is 0 Å². The SMILES string of the molecule is CC(=O)[N+](C)(CC(=O)[O-])N(CCO)CCO. The van der Waals surface area contributed by atoms with Crippen LogP contribution >= 0.6 is 0 Å². The maximum atomic E-state index is 11.5. The fourth-order valence-electron chi connectivity index (χ4n) is 1.45. The summed E-state index contributed by atoms with van der Waals surface area (Å²) in [4.78, 5) is 22.1. The van der Waals surface area contributed by atoms with Crippen molar-refractivity contribution in [3.63, 3.8) is 0 Å². The van der Waals surface area contributed by atoms with Crippen LogP contribution in [0.1, 0.15) is 6.92 Å². The largest absolute Gasteiger partial charge is 0.544 e. The number of aliphatic carboxylic acids is 1. The van der Waals surface area contributed by atoms with E-state index in [0.717, 1.165) is 0 Å². The lowest BCUT2D eigenvalue weighted by Crippen LogP contribution is -2.65. The van der Waals surface area contributed by atoms with Crippen LogP contribution in [0.4, 0.5) is 0 Å². The highest BCUT2D eigenvalue weighted by molar-refractivity contribution is 5.71. The lowest BCUT2D eigenvalue weighted by Gasteiger charge is -2.39. The summed E-state index contributed by atoms with van der Waals surface area (Å²) in [6.45, 7) is 0.482. The van der Waals surface area contributed by atoms with Gasteiger partial charge in [-0.2, -0.15) is 4.59 Å². The minimum atomic E-state index is -1.36. The van der Waals surface area contributed by atoms with Crippen molar-refractivity contribution < 1.29 is 29.5 Å². The van der Waals surface area contributed by atoms with E-state index in [9.17, 15) is 14.7 Å². The third kappa shape index (κ3) is 3.86. The molecule has 2 N–H and O–H groups in total. The second-order valence-corrected chi connectivity index (χ2v) is 3.59.